The highest BCUT2D eigenvalue weighted by Gasteiger charge is 2.12. The van der Waals surface area contributed by atoms with Crippen molar-refractivity contribution in [1.29, 1.82) is 0 Å². The highest BCUT2D eigenvalue weighted by molar-refractivity contribution is 5.47. The third-order valence-electron chi connectivity index (χ3n) is 2.47. The summed E-state index contributed by atoms with van der Waals surface area (Å²) < 4.78 is 35.3. The first-order chi connectivity index (χ1) is 10.1. The summed E-state index contributed by atoms with van der Waals surface area (Å²) in [6.45, 7) is -0.923. The Morgan fingerprint density at radius 2 is 1.71 bits per heavy atom. The Kier molecular flexibility index (Phi) is 4.65. The zero-order chi connectivity index (χ0) is 15.2. The maximum Gasteiger partial charge on any atom is 0.276 e. The second-order valence-electron chi connectivity index (χ2n) is 4.01. The van der Waals surface area contributed by atoms with Gasteiger partial charge in [-0.05, 0) is 24.3 Å². The smallest absolute Gasteiger partial charge is 0.276 e. The van der Waals surface area contributed by atoms with Crippen LogP contribution in [0, 0.1) is 15.9 Å². The fourth-order valence-electron chi connectivity index (χ4n) is 1.60. The van der Waals surface area contributed by atoms with Crippen molar-refractivity contribution in [1.82, 2.24) is 0 Å². The van der Waals surface area contributed by atoms with Gasteiger partial charge in [0.25, 0.3) is 5.69 Å². The van der Waals surface area contributed by atoms with Crippen molar-refractivity contribution in [2.75, 3.05) is 13.3 Å². The van der Waals surface area contributed by atoms with Crippen molar-refractivity contribution in [2.45, 2.75) is 0 Å². The number of ether oxygens (including phenoxy) is 2. The first-order valence-corrected chi connectivity index (χ1v) is 6.00. The molecule has 21 heavy (non-hydrogen) atoms. The Hall–Kier alpha value is -2.70. The molecule has 0 bridgehead atoms. The van der Waals surface area contributed by atoms with Gasteiger partial charge in [0.05, 0.1) is 17.1 Å². The first kappa shape index (κ1) is 14.7. The quantitative estimate of drug-likeness (QED) is 0.599. The zero-order valence-electron chi connectivity index (χ0n) is 10.8. The molecule has 0 saturated heterocycles. The average molecular weight is 295 g/mol. The molecule has 0 aliphatic rings. The zero-order valence-corrected chi connectivity index (χ0v) is 10.8. The Balaban J connectivity index is 2.26. The Bertz CT molecular complexity index is 631. The van der Waals surface area contributed by atoms with Gasteiger partial charge in [0, 0.05) is 6.07 Å². The molecule has 0 atom stereocenters. The molecule has 0 amide bonds. The minimum Gasteiger partial charge on any atom is -0.490 e. The lowest BCUT2D eigenvalue weighted by molar-refractivity contribution is -0.385. The van der Waals surface area contributed by atoms with Crippen LogP contribution in [-0.2, 0) is 0 Å². The van der Waals surface area contributed by atoms with Gasteiger partial charge < -0.3 is 9.47 Å². The molecular formula is C14H11F2NO4. The highest BCUT2D eigenvalue weighted by atomic mass is 19.1. The third kappa shape index (κ3) is 4.13. The van der Waals surface area contributed by atoms with Crippen LogP contribution in [0.25, 0.3) is 0 Å². The number of benzene rings is 2. The van der Waals surface area contributed by atoms with Crippen molar-refractivity contribution in [3.8, 4) is 17.2 Å². The molecule has 0 unspecified atom stereocenters. The molecule has 0 N–H and O–H groups in total. The summed E-state index contributed by atoms with van der Waals surface area (Å²) in [5.74, 6) is 0.158. The number of nitro benzene ring substituents is 1. The van der Waals surface area contributed by atoms with Gasteiger partial charge in [-0.25, -0.2) is 8.78 Å². The fraction of sp³-hybridized carbons (Fsp3) is 0.143. The van der Waals surface area contributed by atoms with Crippen molar-refractivity contribution in [3.63, 3.8) is 0 Å². The van der Waals surface area contributed by atoms with Crippen LogP contribution in [-0.4, -0.2) is 18.2 Å². The van der Waals surface area contributed by atoms with E-state index in [9.17, 15) is 18.9 Å². The van der Waals surface area contributed by atoms with E-state index < -0.39 is 17.4 Å². The minimum absolute atomic E-state index is 0.124. The lowest BCUT2D eigenvalue weighted by Gasteiger charge is -2.08. The number of alkyl halides is 1. The van der Waals surface area contributed by atoms with Gasteiger partial charge in [-0.3, -0.25) is 10.1 Å². The second kappa shape index (κ2) is 6.65. The minimum atomic E-state index is -0.711. The van der Waals surface area contributed by atoms with Crippen LogP contribution < -0.4 is 9.47 Å². The summed E-state index contributed by atoms with van der Waals surface area (Å²) in [5, 5.41) is 10.8. The molecule has 5 nitrogen and oxygen atoms in total. The largest absolute Gasteiger partial charge is 0.490 e. The maximum absolute atomic E-state index is 12.8. The Labute approximate surface area is 118 Å². The molecule has 2 aromatic rings. The molecule has 0 aromatic heterocycles. The lowest BCUT2D eigenvalue weighted by atomic mass is 10.2. The van der Waals surface area contributed by atoms with E-state index in [0.717, 1.165) is 0 Å². The van der Waals surface area contributed by atoms with E-state index in [-0.39, 0.29) is 23.8 Å². The molecule has 0 heterocycles. The summed E-state index contributed by atoms with van der Waals surface area (Å²) >= 11 is 0. The number of hydrogen-bond donors (Lipinski definition) is 0. The van der Waals surface area contributed by atoms with E-state index in [1.54, 1.807) is 0 Å². The SMILES string of the molecule is O=[N+]([O-])c1cc(OCCF)cc(Oc2ccc(F)cc2)c1. The summed E-state index contributed by atoms with van der Waals surface area (Å²) in [4.78, 5) is 10.2. The first-order valence-electron chi connectivity index (χ1n) is 6.00. The van der Waals surface area contributed by atoms with E-state index >= 15 is 0 Å². The number of hydrogen-bond acceptors (Lipinski definition) is 4. The van der Waals surface area contributed by atoms with E-state index in [0.29, 0.717) is 5.75 Å². The van der Waals surface area contributed by atoms with Crippen LogP contribution in [0.5, 0.6) is 17.2 Å². The van der Waals surface area contributed by atoms with Crippen LogP contribution in [0.2, 0.25) is 0 Å². The van der Waals surface area contributed by atoms with Crippen LogP contribution in [0.3, 0.4) is 0 Å². The van der Waals surface area contributed by atoms with E-state index in [1.165, 1.54) is 42.5 Å². The summed E-state index contributed by atoms with van der Waals surface area (Å²) in [6, 6.07) is 8.94. The van der Waals surface area contributed by atoms with Crippen molar-refractivity contribution >= 4 is 5.69 Å². The topological polar surface area (TPSA) is 61.6 Å². The molecular weight excluding hydrogens is 284 g/mol. The van der Waals surface area contributed by atoms with E-state index in [4.69, 9.17) is 9.47 Å². The molecule has 0 saturated carbocycles. The Morgan fingerprint density at radius 1 is 1.05 bits per heavy atom. The maximum atomic E-state index is 12.8. The van der Waals surface area contributed by atoms with Crippen LogP contribution in [0.1, 0.15) is 0 Å². The van der Waals surface area contributed by atoms with Gasteiger partial charge in [0.1, 0.15) is 36.3 Å². The van der Waals surface area contributed by atoms with E-state index in [1.807, 2.05) is 0 Å². The fourth-order valence-corrected chi connectivity index (χ4v) is 1.60. The number of halogens is 2. The van der Waals surface area contributed by atoms with Crippen molar-refractivity contribution < 1.29 is 23.2 Å². The second-order valence-corrected chi connectivity index (χ2v) is 4.01. The molecule has 0 radical (unpaired) electrons. The number of nitrogens with zero attached hydrogens (tertiary/aromatic N) is 1. The molecule has 0 aliphatic carbocycles. The monoisotopic (exact) mass is 295 g/mol. The number of non-ortho nitro benzene ring substituents is 1. The predicted octanol–water partition coefficient (Wildman–Crippen LogP) is 3.87. The molecule has 0 spiro atoms. The molecule has 2 rings (SSSR count). The van der Waals surface area contributed by atoms with E-state index in [2.05, 4.69) is 0 Å². The highest BCUT2D eigenvalue weighted by Crippen LogP contribution is 2.30. The molecule has 7 heteroatoms. The summed E-state index contributed by atoms with van der Waals surface area (Å²) in [5.41, 5.74) is -0.247. The molecule has 0 aliphatic heterocycles. The molecule has 0 fully saturated rings. The molecule has 110 valence electrons. The predicted molar refractivity (Wildman–Crippen MR) is 71.0 cm³/mol. The Morgan fingerprint density at radius 3 is 2.33 bits per heavy atom. The summed E-state index contributed by atoms with van der Waals surface area (Å²) in [7, 11) is 0. The van der Waals surface area contributed by atoms with Gasteiger partial charge >= 0.3 is 0 Å². The average Bonchev–Trinajstić information content (AvgIpc) is 2.47. The van der Waals surface area contributed by atoms with Crippen LogP contribution >= 0.6 is 0 Å². The van der Waals surface area contributed by atoms with Crippen LogP contribution in [0.15, 0.2) is 42.5 Å². The standard InChI is InChI=1S/C14H11F2NO4/c15-5-6-20-13-7-11(17(18)19)8-14(9-13)21-12-3-1-10(16)2-4-12/h1-4,7-9H,5-6H2. The van der Waals surface area contributed by atoms with Crippen LogP contribution in [0.4, 0.5) is 14.5 Å². The normalized spacial score (nSPS) is 10.2. The van der Waals surface area contributed by atoms with Gasteiger partial charge in [0.15, 0.2) is 0 Å². The molecule has 2 aromatic carbocycles. The lowest BCUT2D eigenvalue weighted by Crippen LogP contribution is -2.00. The third-order valence-corrected chi connectivity index (χ3v) is 2.47. The summed E-state index contributed by atoms with van der Waals surface area (Å²) in [6.07, 6.45) is 0. The van der Waals surface area contributed by atoms with Gasteiger partial charge in [0.2, 0.25) is 0 Å². The number of rotatable bonds is 6. The van der Waals surface area contributed by atoms with Gasteiger partial charge in [-0.1, -0.05) is 0 Å². The van der Waals surface area contributed by atoms with Crippen molar-refractivity contribution in [3.05, 3.63) is 58.4 Å². The van der Waals surface area contributed by atoms with Crippen molar-refractivity contribution in [2.24, 2.45) is 0 Å². The van der Waals surface area contributed by atoms with Gasteiger partial charge in [-0.2, -0.15) is 0 Å². The van der Waals surface area contributed by atoms with Gasteiger partial charge in [-0.15, -0.1) is 0 Å². The number of nitro groups is 1.